The summed E-state index contributed by atoms with van der Waals surface area (Å²) in [6.07, 6.45) is 1.25. The van der Waals surface area contributed by atoms with Gasteiger partial charge in [0, 0.05) is 18.6 Å². The van der Waals surface area contributed by atoms with E-state index in [1.54, 1.807) is 0 Å². The van der Waals surface area contributed by atoms with Crippen LogP contribution in [0.25, 0.3) is 0 Å². The molecule has 2 unspecified atom stereocenters. The smallest absolute Gasteiger partial charge is 0.0384 e. The molecular weight excluding hydrogens is 164 g/mol. The molecule has 0 bridgehead atoms. The number of likely N-dealkylation sites (N-methyl/N-ethyl adjacent to an activating group) is 2. The molecule has 0 aromatic rings. The van der Waals surface area contributed by atoms with Gasteiger partial charge in [0.25, 0.3) is 0 Å². The van der Waals surface area contributed by atoms with Crippen LogP contribution in [-0.4, -0.2) is 55.6 Å². The number of nitrogens with one attached hydrogen (secondary N) is 1. The van der Waals surface area contributed by atoms with Crippen LogP contribution < -0.4 is 11.3 Å². The Morgan fingerprint density at radius 1 is 1.38 bits per heavy atom. The van der Waals surface area contributed by atoms with Gasteiger partial charge in [0.15, 0.2) is 0 Å². The van der Waals surface area contributed by atoms with Crippen LogP contribution in [0.3, 0.4) is 0 Å². The van der Waals surface area contributed by atoms with Crippen LogP contribution in [0.4, 0.5) is 0 Å². The van der Waals surface area contributed by atoms with E-state index in [1.165, 1.54) is 19.5 Å². The van der Waals surface area contributed by atoms with Gasteiger partial charge >= 0.3 is 0 Å². The molecular formula is C9H22N4. The Kier molecular flexibility index (Phi) is 4.12. The standard InChI is InChI=1S/C9H22N4/c1-8(11-10)9-7-12(2)5-4-6-13(9)3/h8-9,11H,4-7,10H2,1-3H3. The predicted molar refractivity (Wildman–Crippen MR) is 55.3 cm³/mol. The predicted octanol–water partition coefficient (Wildman–Crippen LogP) is -0.526. The highest BCUT2D eigenvalue weighted by Crippen LogP contribution is 2.09. The fourth-order valence-electron chi connectivity index (χ4n) is 1.96. The molecule has 0 amide bonds. The van der Waals surface area contributed by atoms with Crippen LogP contribution in [0.1, 0.15) is 13.3 Å². The number of rotatable bonds is 2. The third-order valence-corrected chi connectivity index (χ3v) is 2.96. The number of hydrogen-bond donors (Lipinski definition) is 2. The quantitative estimate of drug-likeness (QED) is 0.450. The minimum absolute atomic E-state index is 0.352. The molecule has 1 saturated heterocycles. The van der Waals surface area contributed by atoms with Gasteiger partial charge in [-0.3, -0.25) is 11.3 Å². The van der Waals surface area contributed by atoms with E-state index in [1.807, 2.05) is 0 Å². The third-order valence-electron chi connectivity index (χ3n) is 2.96. The molecule has 0 aromatic heterocycles. The summed E-state index contributed by atoms with van der Waals surface area (Å²) in [5.74, 6) is 5.47. The van der Waals surface area contributed by atoms with Crippen LogP contribution in [-0.2, 0) is 0 Å². The van der Waals surface area contributed by atoms with Crippen molar-refractivity contribution >= 4 is 0 Å². The van der Waals surface area contributed by atoms with Crippen molar-refractivity contribution in [3.05, 3.63) is 0 Å². The number of nitrogens with zero attached hydrogens (tertiary/aromatic N) is 2. The summed E-state index contributed by atoms with van der Waals surface area (Å²) >= 11 is 0. The van der Waals surface area contributed by atoms with E-state index in [2.05, 4.69) is 36.2 Å². The highest BCUT2D eigenvalue weighted by atomic mass is 15.3. The Morgan fingerprint density at radius 3 is 2.69 bits per heavy atom. The zero-order valence-electron chi connectivity index (χ0n) is 8.95. The van der Waals surface area contributed by atoms with Crippen molar-refractivity contribution in [2.24, 2.45) is 5.84 Å². The summed E-state index contributed by atoms with van der Waals surface area (Å²) in [5, 5.41) is 0. The molecule has 4 heteroatoms. The molecule has 1 aliphatic rings. The van der Waals surface area contributed by atoms with Crippen molar-refractivity contribution < 1.29 is 0 Å². The lowest BCUT2D eigenvalue weighted by Gasteiger charge is -2.31. The minimum Gasteiger partial charge on any atom is -0.305 e. The lowest BCUT2D eigenvalue weighted by molar-refractivity contribution is 0.185. The summed E-state index contributed by atoms with van der Waals surface area (Å²) in [4.78, 5) is 4.77. The summed E-state index contributed by atoms with van der Waals surface area (Å²) in [6, 6.07) is 0.878. The maximum Gasteiger partial charge on any atom is 0.0384 e. The van der Waals surface area contributed by atoms with Gasteiger partial charge in [-0.15, -0.1) is 0 Å². The molecule has 1 rings (SSSR count). The van der Waals surface area contributed by atoms with Crippen LogP contribution in [0.2, 0.25) is 0 Å². The van der Waals surface area contributed by atoms with Gasteiger partial charge in [0.05, 0.1) is 0 Å². The van der Waals surface area contributed by atoms with Gasteiger partial charge < -0.3 is 9.80 Å². The molecule has 0 aromatic carbocycles. The zero-order chi connectivity index (χ0) is 9.84. The average molecular weight is 186 g/mol. The second-order valence-corrected chi connectivity index (χ2v) is 4.12. The van der Waals surface area contributed by atoms with Crippen LogP contribution in [0.5, 0.6) is 0 Å². The average Bonchev–Trinajstić information content (AvgIpc) is 2.27. The fraction of sp³-hybridized carbons (Fsp3) is 1.00. The molecule has 2 atom stereocenters. The lowest BCUT2D eigenvalue weighted by atomic mass is 10.1. The maximum absolute atomic E-state index is 5.47. The summed E-state index contributed by atoms with van der Waals surface area (Å²) < 4.78 is 0. The molecule has 78 valence electrons. The van der Waals surface area contributed by atoms with E-state index in [9.17, 15) is 0 Å². The first kappa shape index (κ1) is 10.9. The third kappa shape index (κ3) is 2.91. The summed E-state index contributed by atoms with van der Waals surface area (Å²) in [7, 11) is 4.35. The molecule has 0 aliphatic carbocycles. The zero-order valence-corrected chi connectivity index (χ0v) is 8.95. The lowest BCUT2D eigenvalue weighted by Crippen LogP contribution is -2.52. The number of hydrogen-bond acceptors (Lipinski definition) is 4. The van der Waals surface area contributed by atoms with Crippen LogP contribution in [0.15, 0.2) is 0 Å². The molecule has 3 N–H and O–H groups in total. The number of hydrazine groups is 1. The maximum atomic E-state index is 5.47. The van der Waals surface area contributed by atoms with E-state index >= 15 is 0 Å². The largest absolute Gasteiger partial charge is 0.305 e. The molecule has 0 saturated carbocycles. The first-order chi connectivity index (χ1) is 6.15. The molecule has 1 fully saturated rings. The Hall–Kier alpha value is -0.160. The normalized spacial score (nSPS) is 30.0. The summed E-state index contributed by atoms with van der Waals surface area (Å²) in [5.41, 5.74) is 2.85. The highest BCUT2D eigenvalue weighted by Gasteiger charge is 2.24. The van der Waals surface area contributed by atoms with E-state index in [0.29, 0.717) is 12.1 Å². The monoisotopic (exact) mass is 186 g/mol. The minimum atomic E-state index is 0.352. The summed E-state index contributed by atoms with van der Waals surface area (Å²) in [6.45, 7) is 5.60. The van der Waals surface area contributed by atoms with Crippen molar-refractivity contribution in [2.75, 3.05) is 33.7 Å². The van der Waals surface area contributed by atoms with Gasteiger partial charge in [-0.2, -0.15) is 0 Å². The molecule has 1 aliphatic heterocycles. The Labute approximate surface area is 81.0 Å². The Balaban J connectivity index is 2.56. The first-order valence-electron chi connectivity index (χ1n) is 5.00. The Bertz CT molecular complexity index is 151. The van der Waals surface area contributed by atoms with Gasteiger partial charge in [-0.1, -0.05) is 0 Å². The van der Waals surface area contributed by atoms with Gasteiger partial charge in [0.1, 0.15) is 0 Å². The topological polar surface area (TPSA) is 44.5 Å². The van der Waals surface area contributed by atoms with Gasteiger partial charge in [-0.05, 0) is 40.5 Å². The van der Waals surface area contributed by atoms with E-state index in [4.69, 9.17) is 5.84 Å². The van der Waals surface area contributed by atoms with E-state index < -0.39 is 0 Å². The SMILES string of the molecule is CC(NN)C1CN(C)CCCN1C. The van der Waals surface area contributed by atoms with Crippen molar-refractivity contribution in [3.8, 4) is 0 Å². The van der Waals surface area contributed by atoms with Gasteiger partial charge in [-0.25, -0.2) is 0 Å². The molecule has 4 nitrogen and oxygen atoms in total. The van der Waals surface area contributed by atoms with Crippen molar-refractivity contribution in [1.82, 2.24) is 15.2 Å². The first-order valence-corrected chi connectivity index (χ1v) is 5.00. The van der Waals surface area contributed by atoms with Crippen molar-refractivity contribution in [2.45, 2.75) is 25.4 Å². The van der Waals surface area contributed by atoms with Crippen LogP contribution in [0, 0.1) is 0 Å². The fourth-order valence-corrected chi connectivity index (χ4v) is 1.96. The van der Waals surface area contributed by atoms with Crippen molar-refractivity contribution in [3.63, 3.8) is 0 Å². The van der Waals surface area contributed by atoms with Crippen LogP contribution >= 0.6 is 0 Å². The van der Waals surface area contributed by atoms with Crippen molar-refractivity contribution in [1.29, 1.82) is 0 Å². The Morgan fingerprint density at radius 2 is 2.08 bits per heavy atom. The van der Waals surface area contributed by atoms with E-state index in [0.717, 1.165) is 6.54 Å². The second-order valence-electron chi connectivity index (χ2n) is 4.12. The molecule has 0 radical (unpaired) electrons. The molecule has 13 heavy (non-hydrogen) atoms. The highest BCUT2D eigenvalue weighted by molar-refractivity contribution is 4.83. The molecule has 1 heterocycles. The second kappa shape index (κ2) is 4.91. The van der Waals surface area contributed by atoms with E-state index in [-0.39, 0.29) is 0 Å². The van der Waals surface area contributed by atoms with Gasteiger partial charge in [0.2, 0.25) is 0 Å². The number of nitrogens with two attached hydrogens (primary N) is 1. The molecule has 0 spiro atoms.